The van der Waals surface area contributed by atoms with Gasteiger partial charge in [0.05, 0.1) is 6.61 Å². The van der Waals surface area contributed by atoms with Crippen LogP contribution in [-0.2, 0) is 10.8 Å². The van der Waals surface area contributed by atoms with E-state index in [1.54, 1.807) is 18.2 Å². The molecule has 0 aliphatic rings. The van der Waals surface area contributed by atoms with Gasteiger partial charge in [0.1, 0.15) is 0 Å². The van der Waals surface area contributed by atoms with E-state index in [4.69, 9.17) is 0 Å². The van der Waals surface area contributed by atoms with Gasteiger partial charge >= 0.3 is 0 Å². The van der Waals surface area contributed by atoms with Crippen molar-refractivity contribution in [2.24, 2.45) is 5.90 Å². The molecule has 0 atom stereocenters. The van der Waals surface area contributed by atoms with Crippen molar-refractivity contribution < 1.29 is 13.6 Å². The van der Waals surface area contributed by atoms with Crippen molar-refractivity contribution >= 4 is 0 Å². The third-order valence-electron chi connectivity index (χ3n) is 1.73. The first-order valence-corrected chi connectivity index (χ1v) is 3.92. The SMILES string of the molecule is NOCCC(F)(F)c1ccccc1. The first kappa shape index (κ1) is 10.1. The van der Waals surface area contributed by atoms with Crippen LogP contribution in [0, 0.1) is 0 Å². The van der Waals surface area contributed by atoms with Gasteiger partial charge in [-0.25, -0.2) is 14.7 Å². The molecule has 0 bridgehead atoms. The summed E-state index contributed by atoms with van der Waals surface area (Å²) in [7, 11) is 0. The molecule has 0 aliphatic heterocycles. The van der Waals surface area contributed by atoms with Gasteiger partial charge in [-0.1, -0.05) is 30.3 Å². The summed E-state index contributed by atoms with van der Waals surface area (Å²) < 4.78 is 26.4. The highest BCUT2D eigenvalue weighted by molar-refractivity contribution is 5.19. The molecule has 0 spiro atoms. The highest BCUT2D eigenvalue weighted by Crippen LogP contribution is 2.30. The van der Waals surface area contributed by atoms with E-state index in [9.17, 15) is 8.78 Å². The summed E-state index contributed by atoms with van der Waals surface area (Å²) >= 11 is 0. The zero-order valence-corrected chi connectivity index (χ0v) is 7.04. The highest BCUT2D eigenvalue weighted by Gasteiger charge is 2.30. The van der Waals surface area contributed by atoms with Crippen LogP contribution in [0.4, 0.5) is 8.78 Å². The van der Waals surface area contributed by atoms with Crippen LogP contribution in [0.5, 0.6) is 0 Å². The minimum Gasteiger partial charge on any atom is -0.304 e. The summed E-state index contributed by atoms with van der Waals surface area (Å²) in [6.07, 6.45) is -0.395. The lowest BCUT2D eigenvalue weighted by Gasteiger charge is -2.15. The van der Waals surface area contributed by atoms with E-state index in [2.05, 4.69) is 10.7 Å². The van der Waals surface area contributed by atoms with Crippen molar-refractivity contribution in [3.8, 4) is 0 Å². The number of rotatable bonds is 4. The lowest BCUT2D eigenvalue weighted by molar-refractivity contribution is -0.0390. The van der Waals surface area contributed by atoms with Crippen LogP contribution in [0.25, 0.3) is 0 Å². The average molecular weight is 187 g/mol. The molecule has 1 aromatic carbocycles. The third kappa shape index (κ3) is 2.75. The van der Waals surface area contributed by atoms with E-state index in [0.717, 1.165) is 0 Å². The molecule has 0 radical (unpaired) electrons. The molecule has 2 N–H and O–H groups in total. The molecule has 1 aromatic rings. The van der Waals surface area contributed by atoms with Crippen molar-refractivity contribution in [2.45, 2.75) is 12.3 Å². The molecule has 0 fully saturated rings. The molecule has 1 rings (SSSR count). The van der Waals surface area contributed by atoms with Gasteiger partial charge in [-0.05, 0) is 0 Å². The van der Waals surface area contributed by atoms with E-state index >= 15 is 0 Å². The second kappa shape index (κ2) is 4.30. The van der Waals surface area contributed by atoms with Crippen LogP contribution in [0.3, 0.4) is 0 Å². The van der Waals surface area contributed by atoms with Gasteiger partial charge in [-0.2, -0.15) is 0 Å². The molecule has 13 heavy (non-hydrogen) atoms. The average Bonchev–Trinajstić information content (AvgIpc) is 2.16. The molecular weight excluding hydrogens is 176 g/mol. The molecule has 72 valence electrons. The Labute approximate surface area is 75.3 Å². The summed E-state index contributed by atoms with van der Waals surface area (Å²) in [6.45, 7) is -0.151. The molecule has 0 heterocycles. The maximum atomic E-state index is 13.2. The molecule has 0 aliphatic carbocycles. The second-order valence-electron chi connectivity index (χ2n) is 2.69. The predicted molar refractivity (Wildman–Crippen MR) is 45.1 cm³/mol. The van der Waals surface area contributed by atoms with Crippen molar-refractivity contribution in [1.82, 2.24) is 0 Å². The van der Waals surface area contributed by atoms with Gasteiger partial charge in [-0.3, -0.25) is 0 Å². The second-order valence-corrected chi connectivity index (χ2v) is 2.69. The van der Waals surface area contributed by atoms with Gasteiger partial charge in [0, 0.05) is 12.0 Å². The Morgan fingerprint density at radius 1 is 1.23 bits per heavy atom. The van der Waals surface area contributed by atoms with Gasteiger partial charge in [0.15, 0.2) is 0 Å². The Balaban J connectivity index is 2.69. The molecule has 4 heteroatoms. The minimum atomic E-state index is -2.86. The number of hydrogen-bond donors (Lipinski definition) is 1. The third-order valence-corrected chi connectivity index (χ3v) is 1.73. The monoisotopic (exact) mass is 187 g/mol. The van der Waals surface area contributed by atoms with Gasteiger partial charge in [-0.15, -0.1) is 0 Å². The quantitative estimate of drug-likeness (QED) is 0.732. The fourth-order valence-corrected chi connectivity index (χ4v) is 1.01. The van der Waals surface area contributed by atoms with Crippen molar-refractivity contribution in [2.75, 3.05) is 6.61 Å². The number of alkyl halides is 2. The summed E-state index contributed by atoms with van der Waals surface area (Å²) in [4.78, 5) is 4.12. The Morgan fingerprint density at radius 3 is 2.38 bits per heavy atom. The fraction of sp³-hybridized carbons (Fsp3) is 0.333. The molecule has 0 saturated heterocycles. The fourth-order valence-electron chi connectivity index (χ4n) is 1.01. The first-order valence-electron chi connectivity index (χ1n) is 3.92. The lowest BCUT2D eigenvalue weighted by Crippen LogP contribution is -2.17. The minimum absolute atomic E-state index is 0.00736. The molecule has 0 amide bonds. The van der Waals surface area contributed by atoms with Gasteiger partial charge < -0.3 is 4.84 Å². The normalized spacial score (nSPS) is 11.6. The summed E-state index contributed by atoms with van der Waals surface area (Å²) in [6, 6.07) is 7.62. The molecular formula is C9H11F2NO. The first-order chi connectivity index (χ1) is 6.17. The van der Waals surface area contributed by atoms with Crippen LogP contribution in [-0.4, -0.2) is 6.61 Å². The van der Waals surface area contributed by atoms with Crippen LogP contribution < -0.4 is 5.90 Å². The van der Waals surface area contributed by atoms with Crippen LogP contribution in [0.1, 0.15) is 12.0 Å². The number of hydrogen-bond acceptors (Lipinski definition) is 2. The maximum Gasteiger partial charge on any atom is 0.275 e. The summed E-state index contributed by atoms with van der Waals surface area (Å²) in [5.74, 6) is 1.82. The van der Waals surface area contributed by atoms with Crippen molar-refractivity contribution in [1.29, 1.82) is 0 Å². The van der Waals surface area contributed by atoms with E-state index in [1.807, 2.05) is 0 Å². The zero-order valence-electron chi connectivity index (χ0n) is 7.04. The van der Waals surface area contributed by atoms with Crippen molar-refractivity contribution in [3.63, 3.8) is 0 Å². The van der Waals surface area contributed by atoms with Gasteiger partial charge in [0.2, 0.25) is 0 Å². The predicted octanol–water partition coefficient (Wildman–Crippen LogP) is 2.06. The van der Waals surface area contributed by atoms with Crippen molar-refractivity contribution in [3.05, 3.63) is 35.9 Å². The van der Waals surface area contributed by atoms with E-state index in [-0.39, 0.29) is 12.2 Å². The molecule has 0 unspecified atom stereocenters. The zero-order chi connectivity index (χ0) is 9.73. The largest absolute Gasteiger partial charge is 0.304 e. The Kier molecular flexibility index (Phi) is 3.33. The lowest BCUT2D eigenvalue weighted by atomic mass is 10.1. The standard InChI is InChI=1S/C9H11F2NO/c10-9(11,6-7-13-12)8-4-2-1-3-5-8/h1-5H,6-7,12H2. The number of benzene rings is 1. The number of nitrogens with two attached hydrogens (primary N) is 1. The molecule has 2 nitrogen and oxygen atoms in total. The smallest absolute Gasteiger partial charge is 0.275 e. The summed E-state index contributed by atoms with van der Waals surface area (Å²) in [5.41, 5.74) is -0.00736. The van der Waals surface area contributed by atoms with Crippen LogP contribution >= 0.6 is 0 Å². The van der Waals surface area contributed by atoms with E-state index < -0.39 is 12.3 Å². The Hall–Kier alpha value is -1.00. The Morgan fingerprint density at radius 2 is 1.85 bits per heavy atom. The van der Waals surface area contributed by atoms with E-state index in [0.29, 0.717) is 0 Å². The van der Waals surface area contributed by atoms with Crippen LogP contribution in [0.15, 0.2) is 30.3 Å². The maximum absolute atomic E-state index is 13.2. The Bertz CT molecular complexity index is 251. The topological polar surface area (TPSA) is 35.2 Å². The van der Waals surface area contributed by atoms with Crippen LogP contribution in [0.2, 0.25) is 0 Å². The molecule has 0 aromatic heterocycles. The summed E-state index contributed by atoms with van der Waals surface area (Å²) in [5, 5.41) is 0. The highest BCUT2D eigenvalue weighted by atomic mass is 19.3. The van der Waals surface area contributed by atoms with E-state index in [1.165, 1.54) is 12.1 Å². The molecule has 0 saturated carbocycles. The number of halogens is 2. The van der Waals surface area contributed by atoms with Gasteiger partial charge in [0.25, 0.3) is 5.92 Å².